The van der Waals surface area contributed by atoms with Gasteiger partial charge in [-0.25, -0.2) is 9.97 Å². The first kappa shape index (κ1) is 18.7. The zero-order chi connectivity index (χ0) is 19.9. The molecule has 0 unspecified atom stereocenters. The molecular weight excluding hydrogens is 370 g/mol. The highest BCUT2D eigenvalue weighted by Gasteiger charge is 2.32. The summed E-state index contributed by atoms with van der Waals surface area (Å²) < 4.78 is 12.3. The Morgan fingerprint density at radius 3 is 2.75 bits per heavy atom. The predicted molar refractivity (Wildman–Crippen MR) is 113 cm³/mol. The highest BCUT2D eigenvalue weighted by molar-refractivity contribution is 7.13. The third-order valence-electron chi connectivity index (χ3n) is 4.55. The molecule has 2 aromatic heterocycles. The highest BCUT2D eigenvalue weighted by Crippen LogP contribution is 2.44. The molecule has 146 valence electrons. The Kier molecular flexibility index (Phi) is 4.54. The summed E-state index contributed by atoms with van der Waals surface area (Å²) in [6.07, 6.45) is 2.58. The van der Waals surface area contributed by atoms with Crippen molar-refractivity contribution in [2.24, 2.45) is 0 Å². The van der Waals surface area contributed by atoms with Gasteiger partial charge in [-0.15, -0.1) is 11.3 Å². The van der Waals surface area contributed by atoms with Crippen molar-refractivity contribution in [1.29, 1.82) is 0 Å². The van der Waals surface area contributed by atoms with Crippen molar-refractivity contribution in [3.05, 3.63) is 53.2 Å². The second kappa shape index (κ2) is 6.78. The van der Waals surface area contributed by atoms with E-state index in [1.165, 1.54) is 0 Å². The molecule has 0 amide bonds. The molecule has 0 saturated heterocycles. The summed E-state index contributed by atoms with van der Waals surface area (Å²) in [6, 6.07) is 9.81. The zero-order valence-corrected chi connectivity index (χ0v) is 17.7. The molecule has 0 radical (unpaired) electrons. The van der Waals surface area contributed by atoms with Crippen LogP contribution in [-0.2, 0) is 11.8 Å². The third kappa shape index (κ3) is 3.83. The van der Waals surface area contributed by atoms with E-state index in [0.29, 0.717) is 11.6 Å². The van der Waals surface area contributed by atoms with Gasteiger partial charge in [-0.05, 0) is 32.0 Å². The molecule has 28 heavy (non-hydrogen) atoms. The van der Waals surface area contributed by atoms with Crippen LogP contribution in [0.2, 0.25) is 0 Å². The van der Waals surface area contributed by atoms with Crippen LogP contribution in [0.4, 0.5) is 10.8 Å². The minimum Gasteiger partial charge on any atom is -0.483 e. The second-order valence-corrected chi connectivity index (χ2v) is 9.51. The Labute approximate surface area is 169 Å². The Balaban J connectivity index is 1.60. The molecule has 1 aliphatic rings. The number of benzene rings is 1. The van der Waals surface area contributed by atoms with Crippen LogP contribution in [0.25, 0.3) is 0 Å². The Hall–Kier alpha value is -2.60. The number of para-hydroxylation sites is 1. The number of hydrogen-bond acceptors (Lipinski definition) is 6. The summed E-state index contributed by atoms with van der Waals surface area (Å²) in [6.45, 7) is 10.6. The molecule has 0 saturated carbocycles. The van der Waals surface area contributed by atoms with Gasteiger partial charge in [0.25, 0.3) is 0 Å². The molecule has 1 N–H and O–H groups in total. The molecule has 0 spiro atoms. The molecule has 3 aromatic rings. The van der Waals surface area contributed by atoms with E-state index in [1.807, 2.05) is 24.3 Å². The quantitative estimate of drug-likeness (QED) is 0.580. The normalized spacial score (nSPS) is 15.0. The van der Waals surface area contributed by atoms with Crippen molar-refractivity contribution in [3.63, 3.8) is 0 Å². The minimum absolute atomic E-state index is 0.0133. The van der Waals surface area contributed by atoms with E-state index < -0.39 is 0 Å². The lowest BCUT2D eigenvalue weighted by atomic mass is 9.93. The van der Waals surface area contributed by atoms with E-state index in [4.69, 9.17) is 14.5 Å². The summed E-state index contributed by atoms with van der Waals surface area (Å²) in [5.41, 5.74) is 2.77. The van der Waals surface area contributed by atoms with Crippen molar-refractivity contribution in [2.75, 3.05) is 5.32 Å². The molecule has 0 aliphatic carbocycles. The number of ether oxygens (including phenoxy) is 2. The maximum atomic E-state index is 6.17. The van der Waals surface area contributed by atoms with E-state index in [-0.39, 0.29) is 11.0 Å². The van der Waals surface area contributed by atoms with Gasteiger partial charge in [0.15, 0.2) is 16.6 Å². The van der Waals surface area contributed by atoms with Crippen LogP contribution >= 0.6 is 11.3 Å². The number of nitrogens with one attached hydrogen (secondary N) is 1. The highest BCUT2D eigenvalue weighted by atomic mass is 32.1. The maximum absolute atomic E-state index is 6.17. The number of anilines is 2. The van der Waals surface area contributed by atoms with Crippen LogP contribution < -0.4 is 14.8 Å². The summed E-state index contributed by atoms with van der Waals surface area (Å²) in [5.74, 6) is 1.98. The molecule has 1 aromatic carbocycles. The van der Waals surface area contributed by atoms with Crippen molar-refractivity contribution in [2.45, 2.75) is 52.1 Å². The lowest BCUT2D eigenvalue weighted by molar-refractivity contribution is 0.135. The molecule has 0 fully saturated rings. The van der Waals surface area contributed by atoms with E-state index in [9.17, 15) is 0 Å². The SMILES string of the molecule is CC1(C)Cc2cccc(Oc3ncccc3Nc3nc(C(C)(C)C)cs3)c2O1. The molecular formula is C22H25N3O2S. The first-order valence-electron chi connectivity index (χ1n) is 9.38. The first-order valence-corrected chi connectivity index (χ1v) is 10.3. The van der Waals surface area contributed by atoms with E-state index in [0.717, 1.165) is 34.2 Å². The lowest BCUT2D eigenvalue weighted by Gasteiger charge is -2.18. The number of pyridine rings is 1. The van der Waals surface area contributed by atoms with Crippen LogP contribution in [0.3, 0.4) is 0 Å². The van der Waals surface area contributed by atoms with Gasteiger partial charge in [0.05, 0.1) is 5.69 Å². The molecule has 4 rings (SSSR count). The van der Waals surface area contributed by atoms with E-state index in [2.05, 4.69) is 56.4 Å². The van der Waals surface area contributed by atoms with Gasteiger partial charge in [0.2, 0.25) is 5.88 Å². The lowest BCUT2D eigenvalue weighted by Crippen LogP contribution is -2.24. The van der Waals surface area contributed by atoms with E-state index >= 15 is 0 Å². The van der Waals surface area contributed by atoms with Crippen molar-refractivity contribution in [1.82, 2.24) is 9.97 Å². The second-order valence-electron chi connectivity index (χ2n) is 8.65. The summed E-state index contributed by atoms with van der Waals surface area (Å²) >= 11 is 1.58. The first-order chi connectivity index (χ1) is 13.2. The summed E-state index contributed by atoms with van der Waals surface area (Å²) in [4.78, 5) is 9.13. The van der Waals surface area contributed by atoms with Crippen LogP contribution in [-0.4, -0.2) is 15.6 Å². The number of rotatable bonds is 4. The van der Waals surface area contributed by atoms with Crippen LogP contribution in [0.5, 0.6) is 17.4 Å². The third-order valence-corrected chi connectivity index (χ3v) is 5.30. The fourth-order valence-electron chi connectivity index (χ4n) is 3.13. The number of hydrogen-bond donors (Lipinski definition) is 1. The van der Waals surface area contributed by atoms with Gasteiger partial charge in [-0.3, -0.25) is 0 Å². The topological polar surface area (TPSA) is 56.3 Å². The number of aromatic nitrogens is 2. The smallest absolute Gasteiger partial charge is 0.243 e. The fraction of sp³-hybridized carbons (Fsp3) is 0.364. The van der Waals surface area contributed by atoms with Gasteiger partial charge < -0.3 is 14.8 Å². The Morgan fingerprint density at radius 1 is 1.18 bits per heavy atom. The number of fused-ring (bicyclic) bond motifs is 1. The average molecular weight is 396 g/mol. The summed E-state index contributed by atoms with van der Waals surface area (Å²) in [7, 11) is 0. The number of nitrogens with zero attached hydrogens (tertiary/aromatic N) is 2. The standard InChI is InChI=1S/C22H25N3O2S/c1-21(2,3)17-13-28-20(25-17)24-15-9-7-11-23-19(15)26-16-10-6-8-14-12-22(4,5)27-18(14)16/h6-11,13H,12H2,1-5H3,(H,24,25). The van der Waals surface area contributed by atoms with E-state index in [1.54, 1.807) is 17.5 Å². The van der Waals surface area contributed by atoms with Gasteiger partial charge in [-0.1, -0.05) is 32.9 Å². The van der Waals surface area contributed by atoms with Gasteiger partial charge in [0.1, 0.15) is 11.3 Å². The van der Waals surface area contributed by atoms with Gasteiger partial charge >= 0.3 is 0 Å². The number of thiazole rings is 1. The molecule has 1 aliphatic heterocycles. The largest absolute Gasteiger partial charge is 0.483 e. The van der Waals surface area contributed by atoms with Crippen molar-refractivity contribution < 1.29 is 9.47 Å². The van der Waals surface area contributed by atoms with Crippen LogP contribution in [0.15, 0.2) is 41.9 Å². The van der Waals surface area contributed by atoms with Gasteiger partial charge in [0, 0.05) is 29.0 Å². The van der Waals surface area contributed by atoms with Crippen molar-refractivity contribution >= 4 is 22.2 Å². The van der Waals surface area contributed by atoms with Crippen LogP contribution in [0, 0.1) is 0 Å². The molecule has 5 nitrogen and oxygen atoms in total. The summed E-state index contributed by atoms with van der Waals surface area (Å²) in [5, 5.41) is 6.25. The monoisotopic (exact) mass is 395 g/mol. The Bertz CT molecular complexity index is 1010. The molecule has 0 bridgehead atoms. The average Bonchev–Trinajstić information content (AvgIpc) is 3.20. The molecule has 3 heterocycles. The fourth-order valence-corrected chi connectivity index (χ4v) is 4.08. The van der Waals surface area contributed by atoms with Crippen LogP contribution in [0.1, 0.15) is 45.9 Å². The molecule has 6 heteroatoms. The predicted octanol–water partition coefficient (Wildman–Crippen LogP) is 6.09. The molecule has 0 atom stereocenters. The zero-order valence-electron chi connectivity index (χ0n) is 16.9. The maximum Gasteiger partial charge on any atom is 0.243 e. The van der Waals surface area contributed by atoms with Crippen molar-refractivity contribution in [3.8, 4) is 17.4 Å². The van der Waals surface area contributed by atoms with Gasteiger partial charge in [-0.2, -0.15) is 0 Å². The minimum atomic E-state index is -0.225. The Morgan fingerprint density at radius 2 is 2.00 bits per heavy atom.